The Morgan fingerprint density at radius 3 is 2.39 bits per heavy atom. The molecule has 0 saturated carbocycles. The number of aromatic nitrogens is 3. The number of Topliss-reactive ketones (excluding diaryl/α,β-unsaturated/α-hetero) is 1. The van der Waals surface area contributed by atoms with Crippen molar-refractivity contribution in [1.82, 2.24) is 20.1 Å². The number of carbonyl (C=O) groups is 2. The third kappa shape index (κ3) is 7.02. The summed E-state index contributed by atoms with van der Waals surface area (Å²) in [6.45, 7) is 0.725. The van der Waals surface area contributed by atoms with E-state index in [0.29, 0.717) is 28.7 Å². The number of hydrogen-bond acceptors (Lipinski definition) is 5. The molecule has 36 heavy (non-hydrogen) atoms. The van der Waals surface area contributed by atoms with Gasteiger partial charge in [0.05, 0.1) is 13.1 Å². The lowest BCUT2D eigenvalue weighted by Gasteiger charge is -2.11. The SMILES string of the molecule is O=C(CCC(=O)c1ccc(F)cc1)NCc1nnc(SCc2ccccc2Cl)n1Cc1ccccc1. The van der Waals surface area contributed by atoms with Gasteiger partial charge in [0.2, 0.25) is 5.91 Å². The molecule has 0 fully saturated rings. The zero-order valence-electron chi connectivity index (χ0n) is 19.4. The zero-order valence-corrected chi connectivity index (χ0v) is 20.9. The molecule has 0 aliphatic rings. The van der Waals surface area contributed by atoms with Crippen molar-refractivity contribution in [3.63, 3.8) is 0 Å². The van der Waals surface area contributed by atoms with Gasteiger partial charge in [0, 0.05) is 29.2 Å². The van der Waals surface area contributed by atoms with Crippen LogP contribution in [0.2, 0.25) is 5.02 Å². The molecule has 0 saturated heterocycles. The molecule has 6 nitrogen and oxygen atoms in total. The molecular formula is C27H24ClFN4O2S. The molecule has 0 bridgehead atoms. The van der Waals surface area contributed by atoms with Crippen LogP contribution in [-0.4, -0.2) is 26.5 Å². The molecule has 1 aromatic heterocycles. The van der Waals surface area contributed by atoms with E-state index in [1.807, 2.05) is 59.2 Å². The Kier molecular flexibility index (Phi) is 8.86. The van der Waals surface area contributed by atoms with Crippen LogP contribution >= 0.6 is 23.4 Å². The van der Waals surface area contributed by atoms with Crippen molar-refractivity contribution in [3.8, 4) is 0 Å². The van der Waals surface area contributed by atoms with Crippen LogP contribution < -0.4 is 5.32 Å². The molecule has 0 unspecified atom stereocenters. The van der Waals surface area contributed by atoms with Crippen molar-refractivity contribution in [3.05, 3.63) is 112 Å². The van der Waals surface area contributed by atoms with Gasteiger partial charge in [-0.05, 0) is 41.5 Å². The quantitative estimate of drug-likeness (QED) is 0.202. The van der Waals surface area contributed by atoms with Crippen molar-refractivity contribution in [1.29, 1.82) is 0 Å². The Hall–Kier alpha value is -3.49. The largest absolute Gasteiger partial charge is 0.349 e. The van der Waals surface area contributed by atoms with E-state index in [9.17, 15) is 14.0 Å². The van der Waals surface area contributed by atoms with E-state index in [0.717, 1.165) is 16.3 Å². The number of benzene rings is 3. The Morgan fingerprint density at radius 1 is 0.917 bits per heavy atom. The van der Waals surface area contributed by atoms with Gasteiger partial charge in [-0.2, -0.15) is 0 Å². The van der Waals surface area contributed by atoms with Crippen LogP contribution in [0.1, 0.15) is 40.2 Å². The molecular weight excluding hydrogens is 499 g/mol. The molecule has 0 aliphatic carbocycles. The first-order valence-corrected chi connectivity index (χ1v) is 12.7. The Bertz CT molecular complexity index is 1330. The van der Waals surface area contributed by atoms with E-state index in [1.165, 1.54) is 36.0 Å². The van der Waals surface area contributed by atoms with Crippen molar-refractivity contribution in [2.45, 2.75) is 36.8 Å². The predicted molar refractivity (Wildman–Crippen MR) is 138 cm³/mol. The van der Waals surface area contributed by atoms with E-state index in [-0.39, 0.29) is 31.1 Å². The Labute approximate surface area is 217 Å². The summed E-state index contributed by atoms with van der Waals surface area (Å²) in [5.41, 5.74) is 2.46. The van der Waals surface area contributed by atoms with Gasteiger partial charge in [0.1, 0.15) is 5.82 Å². The van der Waals surface area contributed by atoms with Crippen LogP contribution in [0.15, 0.2) is 84.0 Å². The van der Waals surface area contributed by atoms with E-state index >= 15 is 0 Å². The highest BCUT2D eigenvalue weighted by Crippen LogP contribution is 2.26. The number of nitrogens with zero attached hydrogens (tertiary/aromatic N) is 3. The maximum atomic E-state index is 13.1. The lowest BCUT2D eigenvalue weighted by molar-refractivity contribution is -0.121. The lowest BCUT2D eigenvalue weighted by atomic mass is 10.1. The number of thioether (sulfide) groups is 1. The first kappa shape index (κ1) is 25.6. The van der Waals surface area contributed by atoms with E-state index in [1.54, 1.807) is 0 Å². The number of carbonyl (C=O) groups excluding carboxylic acids is 2. The molecule has 1 amide bonds. The average molecular weight is 523 g/mol. The Morgan fingerprint density at radius 2 is 1.64 bits per heavy atom. The van der Waals surface area contributed by atoms with Gasteiger partial charge in [-0.1, -0.05) is 71.9 Å². The summed E-state index contributed by atoms with van der Waals surface area (Å²) < 4.78 is 15.0. The van der Waals surface area contributed by atoms with Crippen molar-refractivity contribution < 1.29 is 14.0 Å². The number of nitrogens with one attached hydrogen (secondary N) is 1. The molecule has 4 rings (SSSR count). The van der Waals surface area contributed by atoms with Crippen LogP contribution in [0.25, 0.3) is 0 Å². The average Bonchev–Trinajstić information content (AvgIpc) is 3.27. The molecule has 184 valence electrons. The summed E-state index contributed by atoms with van der Waals surface area (Å²) in [5, 5.41) is 12.9. The van der Waals surface area contributed by atoms with Gasteiger partial charge in [-0.15, -0.1) is 10.2 Å². The smallest absolute Gasteiger partial charge is 0.220 e. The standard InChI is InChI=1S/C27H24ClFN4O2S/c28-23-9-5-4-8-21(23)18-36-27-32-31-25(33(27)17-19-6-2-1-3-7-19)16-30-26(35)15-14-24(34)20-10-12-22(29)13-11-20/h1-13H,14-18H2,(H,30,35). The summed E-state index contributed by atoms with van der Waals surface area (Å²) in [6.07, 6.45) is 0.0598. The van der Waals surface area contributed by atoms with Crippen molar-refractivity contribution in [2.75, 3.05) is 0 Å². The van der Waals surface area contributed by atoms with Crippen LogP contribution in [0.3, 0.4) is 0 Å². The molecule has 9 heteroatoms. The van der Waals surface area contributed by atoms with Crippen LogP contribution in [0.5, 0.6) is 0 Å². The van der Waals surface area contributed by atoms with E-state index in [4.69, 9.17) is 11.6 Å². The van der Waals surface area contributed by atoms with Gasteiger partial charge in [0.25, 0.3) is 0 Å². The molecule has 3 aromatic carbocycles. The number of rotatable bonds is 11. The predicted octanol–water partition coefficient (Wildman–Crippen LogP) is 5.69. The Balaban J connectivity index is 1.40. The van der Waals surface area contributed by atoms with Gasteiger partial charge in [-0.25, -0.2) is 4.39 Å². The van der Waals surface area contributed by atoms with Gasteiger partial charge < -0.3 is 9.88 Å². The topological polar surface area (TPSA) is 76.9 Å². The van der Waals surface area contributed by atoms with E-state index in [2.05, 4.69) is 15.5 Å². The summed E-state index contributed by atoms with van der Waals surface area (Å²) >= 11 is 7.83. The number of hydrogen-bond donors (Lipinski definition) is 1. The minimum absolute atomic E-state index is 0.0249. The van der Waals surface area contributed by atoms with Crippen molar-refractivity contribution >= 4 is 35.1 Å². The highest BCUT2D eigenvalue weighted by atomic mass is 35.5. The summed E-state index contributed by atoms with van der Waals surface area (Å²) in [6, 6.07) is 22.9. The fourth-order valence-electron chi connectivity index (χ4n) is 3.51. The monoisotopic (exact) mass is 522 g/mol. The molecule has 4 aromatic rings. The maximum Gasteiger partial charge on any atom is 0.220 e. The molecule has 0 radical (unpaired) electrons. The molecule has 0 atom stereocenters. The fraction of sp³-hybridized carbons (Fsp3) is 0.185. The minimum Gasteiger partial charge on any atom is -0.349 e. The van der Waals surface area contributed by atoms with Gasteiger partial charge in [-0.3, -0.25) is 9.59 Å². The maximum absolute atomic E-state index is 13.1. The van der Waals surface area contributed by atoms with Crippen LogP contribution in [0.4, 0.5) is 4.39 Å². The third-order valence-electron chi connectivity index (χ3n) is 5.48. The number of amides is 1. The van der Waals surface area contributed by atoms with Gasteiger partial charge >= 0.3 is 0 Å². The number of halogens is 2. The summed E-state index contributed by atoms with van der Waals surface area (Å²) in [4.78, 5) is 24.7. The minimum atomic E-state index is -0.409. The second-order valence-corrected chi connectivity index (χ2v) is 9.41. The van der Waals surface area contributed by atoms with E-state index < -0.39 is 5.82 Å². The fourth-order valence-corrected chi connectivity index (χ4v) is 4.75. The highest BCUT2D eigenvalue weighted by molar-refractivity contribution is 7.98. The lowest BCUT2D eigenvalue weighted by Crippen LogP contribution is -2.25. The molecule has 1 N–H and O–H groups in total. The first-order valence-electron chi connectivity index (χ1n) is 11.4. The second kappa shape index (κ2) is 12.5. The highest BCUT2D eigenvalue weighted by Gasteiger charge is 2.16. The first-order chi connectivity index (χ1) is 17.5. The number of ketones is 1. The normalized spacial score (nSPS) is 10.8. The molecule has 1 heterocycles. The zero-order chi connectivity index (χ0) is 25.3. The van der Waals surface area contributed by atoms with Crippen LogP contribution in [-0.2, 0) is 23.6 Å². The molecule has 0 spiro atoms. The second-order valence-electron chi connectivity index (χ2n) is 8.06. The summed E-state index contributed by atoms with van der Waals surface area (Å²) in [5.74, 6) is 0.345. The third-order valence-corrected chi connectivity index (χ3v) is 6.86. The van der Waals surface area contributed by atoms with Gasteiger partial charge in [0.15, 0.2) is 16.8 Å². The summed E-state index contributed by atoms with van der Waals surface area (Å²) in [7, 11) is 0. The molecule has 0 aliphatic heterocycles. The van der Waals surface area contributed by atoms with Crippen molar-refractivity contribution in [2.24, 2.45) is 0 Å². The van der Waals surface area contributed by atoms with Crippen LogP contribution in [0, 0.1) is 5.82 Å².